The number of fused-ring (bicyclic) bond motifs is 4. The minimum absolute atomic E-state index is 0. The Morgan fingerprint density at radius 1 is 1.33 bits per heavy atom. The maximum atomic E-state index is 13.8. The van der Waals surface area contributed by atoms with Gasteiger partial charge in [-0.15, -0.1) is 23.7 Å². The predicted octanol–water partition coefficient (Wildman–Crippen LogP) is 4.06. The summed E-state index contributed by atoms with van der Waals surface area (Å²) in [7, 11) is 0. The van der Waals surface area contributed by atoms with Gasteiger partial charge in [-0.05, 0) is 63.2 Å². The van der Waals surface area contributed by atoms with E-state index in [9.17, 15) is 9.18 Å². The molecule has 1 atom stereocenters. The molecule has 0 aliphatic carbocycles. The molecule has 1 aromatic carbocycles. The van der Waals surface area contributed by atoms with Crippen LogP contribution >= 0.6 is 23.7 Å². The molecule has 3 fully saturated rings. The number of nitrogens with zero attached hydrogens (tertiary/aromatic N) is 1. The van der Waals surface area contributed by atoms with Crippen molar-refractivity contribution in [3.8, 4) is 0 Å². The third kappa shape index (κ3) is 2.72. The first-order valence-electron chi connectivity index (χ1n) is 8.21. The van der Waals surface area contributed by atoms with Crippen LogP contribution in [-0.2, 0) is 0 Å². The molecule has 0 spiro atoms. The summed E-state index contributed by atoms with van der Waals surface area (Å²) in [6.07, 6.45) is 2.30. The molecule has 4 heterocycles. The molecule has 1 aromatic heterocycles. The SMILES string of the molecule is CC1(C)[C@@H](NC(=O)c2cc3cccc(F)c3s2)C2CCN1CC2.Cl. The highest BCUT2D eigenvalue weighted by molar-refractivity contribution is 7.20. The number of carbonyl (C=O) groups is 1. The highest BCUT2D eigenvalue weighted by Gasteiger charge is 2.48. The summed E-state index contributed by atoms with van der Waals surface area (Å²) < 4.78 is 14.4. The van der Waals surface area contributed by atoms with Crippen LogP contribution in [0, 0.1) is 11.7 Å². The zero-order valence-electron chi connectivity index (χ0n) is 13.8. The lowest BCUT2D eigenvalue weighted by Gasteiger charge is -2.56. The Morgan fingerprint density at radius 2 is 2.04 bits per heavy atom. The van der Waals surface area contributed by atoms with Crippen LogP contribution in [0.2, 0.25) is 0 Å². The fourth-order valence-electron chi connectivity index (χ4n) is 4.23. The second kappa shape index (κ2) is 6.28. The van der Waals surface area contributed by atoms with Gasteiger partial charge in [0.2, 0.25) is 0 Å². The van der Waals surface area contributed by atoms with Gasteiger partial charge in [0.15, 0.2) is 0 Å². The Labute approximate surface area is 151 Å². The van der Waals surface area contributed by atoms with Gasteiger partial charge in [-0.1, -0.05) is 12.1 Å². The minimum atomic E-state index is -0.255. The summed E-state index contributed by atoms with van der Waals surface area (Å²) >= 11 is 1.24. The van der Waals surface area contributed by atoms with E-state index in [1.54, 1.807) is 12.1 Å². The number of thiophene rings is 1. The Balaban J connectivity index is 0.00000169. The zero-order valence-corrected chi connectivity index (χ0v) is 15.5. The lowest BCUT2D eigenvalue weighted by Crippen LogP contribution is -2.69. The van der Waals surface area contributed by atoms with Crippen molar-refractivity contribution < 1.29 is 9.18 Å². The van der Waals surface area contributed by atoms with E-state index in [4.69, 9.17) is 0 Å². The highest BCUT2D eigenvalue weighted by atomic mass is 35.5. The predicted molar refractivity (Wildman–Crippen MR) is 98.7 cm³/mol. The number of amides is 1. The molecule has 1 N–H and O–H groups in total. The number of hydrogen-bond donors (Lipinski definition) is 1. The lowest BCUT2D eigenvalue weighted by atomic mass is 9.72. The summed E-state index contributed by atoms with van der Waals surface area (Å²) in [6, 6.07) is 6.93. The molecule has 5 rings (SSSR count). The second-order valence-electron chi connectivity index (χ2n) is 7.20. The molecule has 0 saturated carbocycles. The normalized spacial score (nSPS) is 27.7. The maximum absolute atomic E-state index is 13.8. The van der Waals surface area contributed by atoms with Crippen molar-refractivity contribution in [1.29, 1.82) is 0 Å². The van der Waals surface area contributed by atoms with Crippen LogP contribution < -0.4 is 5.32 Å². The second-order valence-corrected chi connectivity index (χ2v) is 8.25. The van der Waals surface area contributed by atoms with Crippen molar-refractivity contribution in [2.45, 2.75) is 38.3 Å². The average Bonchev–Trinajstić information content (AvgIpc) is 2.97. The van der Waals surface area contributed by atoms with Crippen molar-refractivity contribution in [1.82, 2.24) is 10.2 Å². The van der Waals surface area contributed by atoms with Crippen molar-refractivity contribution in [3.63, 3.8) is 0 Å². The highest BCUT2D eigenvalue weighted by Crippen LogP contribution is 2.39. The number of carbonyl (C=O) groups excluding carboxylic acids is 1. The summed E-state index contributed by atoms with van der Waals surface area (Å²) in [5.74, 6) is 0.220. The van der Waals surface area contributed by atoms with Gasteiger partial charge < -0.3 is 5.32 Å². The van der Waals surface area contributed by atoms with Crippen molar-refractivity contribution >= 4 is 39.7 Å². The molecule has 3 nitrogen and oxygen atoms in total. The van der Waals surface area contributed by atoms with Crippen LogP contribution in [0.4, 0.5) is 4.39 Å². The van der Waals surface area contributed by atoms with Crippen molar-refractivity contribution in [3.05, 3.63) is 35.0 Å². The van der Waals surface area contributed by atoms with E-state index in [-0.39, 0.29) is 35.7 Å². The van der Waals surface area contributed by atoms with Crippen LogP contribution in [0.5, 0.6) is 0 Å². The molecule has 6 heteroatoms. The molecule has 0 radical (unpaired) electrons. The van der Waals surface area contributed by atoms with Gasteiger partial charge in [0.1, 0.15) is 5.82 Å². The number of benzene rings is 1. The zero-order chi connectivity index (χ0) is 16.2. The van der Waals surface area contributed by atoms with E-state index in [0.717, 1.165) is 31.3 Å². The van der Waals surface area contributed by atoms with E-state index in [1.165, 1.54) is 17.4 Å². The number of halogens is 2. The summed E-state index contributed by atoms with van der Waals surface area (Å²) in [5, 5.41) is 4.04. The quantitative estimate of drug-likeness (QED) is 0.866. The van der Waals surface area contributed by atoms with Crippen LogP contribution in [0.3, 0.4) is 0 Å². The van der Waals surface area contributed by atoms with Gasteiger partial charge in [0, 0.05) is 11.6 Å². The third-order valence-electron chi connectivity index (χ3n) is 5.59. The van der Waals surface area contributed by atoms with Gasteiger partial charge in [0.25, 0.3) is 5.91 Å². The molecular weight excluding hydrogens is 347 g/mol. The Kier molecular flexibility index (Phi) is 4.62. The van der Waals surface area contributed by atoms with E-state index < -0.39 is 0 Å². The number of piperidine rings is 3. The molecule has 3 aliphatic rings. The first-order chi connectivity index (χ1) is 11.0. The van der Waals surface area contributed by atoms with Gasteiger partial charge in [0.05, 0.1) is 9.58 Å². The van der Waals surface area contributed by atoms with Gasteiger partial charge >= 0.3 is 0 Å². The third-order valence-corrected chi connectivity index (χ3v) is 6.75. The number of nitrogens with one attached hydrogen (secondary N) is 1. The van der Waals surface area contributed by atoms with Crippen LogP contribution in [0.25, 0.3) is 10.1 Å². The first kappa shape index (κ1) is 17.6. The molecular formula is C18H22ClFN2OS. The molecule has 130 valence electrons. The Bertz CT molecular complexity index is 767. The summed E-state index contributed by atoms with van der Waals surface area (Å²) in [4.78, 5) is 15.8. The molecule has 2 aromatic rings. The Morgan fingerprint density at radius 3 is 2.67 bits per heavy atom. The average molecular weight is 369 g/mol. The van der Waals surface area contributed by atoms with Crippen LogP contribution in [0.15, 0.2) is 24.3 Å². The van der Waals surface area contributed by atoms with Gasteiger partial charge in [-0.2, -0.15) is 0 Å². The van der Waals surface area contributed by atoms with E-state index >= 15 is 0 Å². The first-order valence-corrected chi connectivity index (χ1v) is 9.02. The Hall–Kier alpha value is -1.17. The molecule has 2 bridgehead atoms. The fraction of sp³-hybridized carbons (Fsp3) is 0.500. The van der Waals surface area contributed by atoms with Crippen molar-refractivity contribution in [2.75, 3.05) is 13.1 Å². The lowest BCUT2D eigenvalue weighted by molar-refractivity contribution is -0.0377. The molecule has 1 amide bonds. The number of rotatable bonds is 2. The minimum Gasteiger partial charge on any atom is -0.346 e. The van der Waals surface area contributed by atoms with Gasteiger partial charge in [-0.25, -0.2) is 4.39 Å². The number of hydrogen-bond acceptors (Lipinski definition) is 3. The van der Waals surface area contributed by atoms with Crippen LogP contribution in [0.1, 0.15) is 36.4 Å². The molecule has 0 unspecified atom stereocenters. The standard InChI is InChI=1S/C18H21FN2OS.ClH/c1-18(2)16(11-6-8-21(18)9-7-11)20-17(22)14-10-12-4-3-5-13(19)15(12)23-14;/h3-5,10-11,16H,6-9H2,1-2H3,(H,20,22);1H/t16-;/m0./s1. The van der Waals surface area contributed by atoms with E-state index in [1.807, 2.05) is 6.07 Å². The smallest absolute Gasteiger partial charge is 0.261 e. The maximum Gasteiger partial charge on any atom is 0.261 e. The van der Waals surface area contributed by atoms with Gasteiger partial charge in [-0.3, -0.25) is 9.69 Å². The van der Waals surface area contributed by atoms with E-state index in [0.29, 0.717) is 15.5 Å². The fourth-order valence-corrected chi connectivity index (χ4v) is 5.20. The van der Waals surface area contributed by atoms with Crippen molar-refractivity contribution in [2.24, 2.45) is 5.92 Å². The largest absolute Gasteiger partial charge is 0.346 e. The molecule has 3 saturated heterocycles. The van der Waals surface area contributed by atoms with E-state index in [2.05, 4.69) is 24.1 Å². The molecule has 24 heavy (non-hydrogen) atoms. The van der Waals surface area contributed by atoms with Crippen LogP contribution in [-0.4, -0.2) is 35.5 Å². The monoisotopic (exact) mass is 368 g/mol. The summed E-state index contributed by atoms with van der Waals surface area (Å²) in [5.41, 5.74) is -0.0151. The molecule has 3 aliphatic heterocycles. The topological polar surface area (TPSA) is 32.3 Å². The summed E-state index contributed by atoms with van der Waals surface area (Å²) in [6.45, 7) is 6.68.